The van der Waals surface area contributed by atoms with Gasteiger partial charge in [0.15, 0.2) is 0 Å². The van der Waals surface area contributed by atoms with E-state index >= 15 is 0 Å². The van der Waals surface area contributed by atoms with Gasteiger partial charge >= 0.3 is 0 Å². The topological polar surface area (TPSA) is 43.0 Å². The summed E-state index contributed by atoms with van der Waals surface area (Å²) in [6, 6.07) is 19.7. The van der Waals surface area contributed by atoms with Gasteiger partial charge in [-0.25, -0.2) is 10.4 Å². The van der Waals surface area contributed by atoms with Crippen LogP contribution in [0.4, 0.5) is 0 Å². The minimum absolute atomic E-state index is 0.205. The van der Waals surface area contributed by atoms with Crippen LogP contribution in [-0.2, 0) is 13.0 Å². The summed E-state index contributed by atoms with van der Waals surface area (Å²) >= 11 is 0. The van der Waals surface area contributed by atoms with Gasteiger partial charge < -0.3 is 15.0 Å². The molecular weight excluding hydrogens is 422 g/mol. The lowest BCUT2D eigenvalue weighted by Gasteiger charge is -2.42. The number of nitrogens with zero attached hydrogens (tertiary/aromatic N) is 3. The minimum Gasteiger partial charge on any atom is -0.488 e. The van der Waals surface area contributed by atoms with E-state index < -0.39 is 0 Å². The molecule has 6 heteroatoms. The van der Waals surface area contributed by atoms with Crippen molar-refractivity contribution in [2.75, 3.05) is 45.8 Å². The second-order valence-electron chi connectivity index (χ2n) is 10.6. The molecule has 6 rings (SSSR count). The summed E-state index contributed by atoms with van der Waals surface area (Å²) in [5.41, 5.74) is 6.59. The van der Waals surface area contributed by atoms with Gasteiger partial charge in [-0.2, -0.15) is 0 Å². The van der Waals surface area contributed by atoms with Crippen LogP contribution in [0.1, 0.15) is 30.4 Å². The molecule has 34 heavy (non-hydrogen) atoms. The Labute approximate surface area is 204 Å². The monoisotopic (exact) mass is 461 g/mol. The second-order valence-corrected chi connectivity index (χ2v) is 10.6. The molecule has 2 aromatic carbocycles. The molecule has 3 fully saturated rings. The third-order valence-corrected chi connectivity index (χ3v) is 8.21. The summed E-state index contributed by atoms with van der Waals surface area (Å²) in [5, 5.41) is 6.16. The fourth-order valence-electron chi connectivity index (χ4n) is 6.38. The second kappa shape index (κ2) is 10.3. The third kappa shape index (κ3) is 5.02. The highest BCUT2D eigenvalue weighted by Crippen LogP contribution is 2.33. The number of fused-ring (bicyclic) bond motifs is 1. The predicted octanol–water partition coefficient (Wildman–Crippen LogP) is 2.71. The fraction of sp³-hybridized carbons (Fsp3) is 0.571. The van der Waals surface area contributed by atoms with Crippen LogP contribution in [0.3, 0.4) is 0 Å². The van der Waals surface area contributed by atoms with Crippen molar-refractivity contribution in [2.45, 2.75) is 50.5 Å². The Morgan fingerprint density at radius 2 is 1.74 bits per heavy atom. The summed E-state index contributed by atoms with van der Waals surface area (Å²) in [6.45, 7) is 9.04. The summed E-state index contributed by atoms with van der Waals surface area (Å²) in [4.78, 5) is 5.38. The first-order chi connectivity index (χ1) is 16.8. The smallest absolute Gasteiger partial charge is 0.123 e. The highest BCUT2D eigenvalue weighted by molar-refractivity contribution is 5.37. The molecule has 0 aliphatic carbocycles. The van der Waals surface area contributed by atoms with E-state index in [0.29, 0.717) is 18.1 Å². The normalized spacial score (nSPS) is 30.8. The van der Waals surface area contributed by atoms with Crippen LogP contribution in [0.25, 0.3) is 0 Å². The van der Waals surface area contributed by atoms with Crippen molar-refractivity contribution in [3.05, 3.63) is 65.7 Å². The molecule has 0 saturated carbocycles. The van der Waals surface area contributed by atoms with Crippen molar-refractivity contribution < 1.29 is 4.74 Å². The van der Waals surface area contributed by atoms with Crippen LogP contribution in [0.2, 0.25) is 0 Å². The molecule has 0 bridgehead atoms. The number of piperazine rings is 1. The van der Waals surface area contributed by atoms with E-state index in [2.05, 4.69) is 80.1 Å². The van der Waals surface area contributed by atoms with E-state index in [0.717, 1.165) is 31.8 Å². The Morgan fingerprint density at radius 1 is 0.912 bits per heavy atom. The highest BCUT2D eigenvalue weighted by atomic mass is 16.5. The van der Waals surface area contributed by atoms with Crippen molar-refractivity contribution in [1.82, 2.24) is 25.6 Å². The van der Waals surface area contributed by atoms with Gasteiger partial charge in [0, 0.05) is 58.2 Å². The average molecular weight is 462 g/mol. The van der Waals surface area contributed by atoms with Gasteiger partial charge in [0.2, 0.25) is 0 Å². The molecule has 0 radical (unpaired) electrons. The number of hydrogen-bond donors (Lipinski definition) is 2. The first-order valence-corrected chi connectivity index (χ1v) is 13.3. The van der Waals surface area contributed by atoms with E-state index in [9.17, 15) is 0 Å². The van der Waals surface area contributed by atoms with Crippen LogP contribution in [0, 0.1) is 5.92 Å². The van der Waals surface area contributed by atoms with Crippen LogP contribution in [0.5, 0.6) is 5.75 Å². The maximum Gasteiger partial charge on any atom is 0.123 e. The van der Waals surface area contributed by atoms with Crippen LogP contribution in [0.15, 0.2) is 54.6 Å². The van der Waals surface area contributed by atoms with Crippen molar-refractivity contribution in [3.8, 4) is 5.75 Å². The Morgan fingerprint density at radius 3 is 2.53 bits per heavy atom. The molecule has 6 nitrogen and oxygen atoms in total. The quantitative estimate of drug-likeness (QED) is 0.690. The van der Waals surface area contributed by atoms with Crippen molar-refractivity contribution in [1.29, 1.82) is 0 Å². The number of ether oxygens (including phenoxy) is 1. The van der Waals surface area contributed by atoms with Crippen LogP contribution in [-0.4, -0.2) is 78.9 Å². The zero-order chi connectivity index (χ0) is 22.7. The largest absolute Gasteiger partial charge is 0.488 e. The minimum atomic E-state index is 0.205. The molecule has 0 amide bonds. The zero-order valence-electron chi connectivity index (χ0n) is 20.2. The van der Waals surface area contributed by atoms with E-state index in [4.69, 9.17) is 4.74 Å². The summed E-state index contributed by atoms with van der Waals surface area (Å²) in [7, 11) is 0. The van der Waals surface area contributed by atoms with Gasteiger partial charge in [-0.15, -0.1) is 0 Å². The molecule has 4 aliphatic heterocycles. The van der Waals surface area contributed by atoms with Gasteiger partial charge in [-0.3, -0.25) is 4.90 Å². The molecular formula is C28H39N5O. The Kier molecular flexibility index (Phi) is 6.84. The molecule has 2 N–H and O–H groups in total. The van der Waals surface area contributed by atoms with Crippen molar-refractivity contribution in [3.63, 3.8) is 0 Å². The molecule has 4 unspecified atom stereocenters. The standard InChI is InChI=1S/C28H39N5O/c1-2-8-22(9-3-1)19-33-21-24(28(30-33)26-18-23-10-4-5-11-25(23)34-26)20-31-14-16-32(17-15-31)27-12-6-7-13-29-27/h1-5,8-11,24,26-30H,6-7,12-21H2. The van der Waals surface area contributed by atoms with Crippen molar-refractivity contribution >= 4 is 0 Å². The maximum atomic E-state index is 6.48. The first kappa shape index (κ1) is 22.5. The lowest BCUT2D eigenvalue weighted by molar-refractivity contribution is 0.0563. The number of rotatable bonds is 6. The molecule has 2 aromatic rings. The molecule has 3 saturated heterocycles. The van der Waals surface area contributed by atoms with E-state index in [1.165, 1.54) is 63.1 Å². The van der Waals surface area contributed by atoms with Gasteiger partial charge in [0.25, 0.3) is 0 Å². The van der Waals surface area contributed by atoms with Gasteiger partial charge in [0.05, 0.1) is 12.2 Å². The van der Waals surface area contributed by atoms with E-state index in [1.54, 1.807) is 0 Å². The molecule has 4 atom stereocenters. The van der Waals surface area contributed by atoms with Gasteiger partial charge in [0.1, 0.15) is 11.9 Å². The Hall–Kier alpha value is -1.96. The van der Waals surface area contributed by atoms with E-state index in [-0.39, 0.29) is 6.10 Å². The Balaban J connectivity index is 1.10. The Bertz CT molecular complexity index is 900. The third-order valence-electron chi connectivity index (χ3n) is 8.21. The summed E-state index contributed by atoms with van der Waals surface area (Å²) in [6.07, 6.45) is 5.82. The van der Waals surface area contributed by atoms with Crippen LogP contribution >= 0.6 is 0 Å². The molecule has 182 valence electrons. The number of hydrogen-bond acceptors (Lipinski definition) is 6. The molecule has 4 heterocycles. The average Bonchev–Trinajstić information content (AvgIpc) is 3.49. The zero-order valence-corrected chi connectivity index (χ0v) is 20.2. The lowest BCUT2D eigenvalue weighted by Crippen LogP contribution is -2.57. The van der Waals surface area contributed by atoms with Crippen LogP contribution < -0.4 is 15.5 Å². The molecule has 4 aliphatic rings. The number of nitrogens with one attached hydrogen (secondary N) is 2. The van der Waals surface area contributed by atoms with Crippen molar-refractivity contribution in [2.24, 2.45) is 5.92 Å². The number of hydrazine groups is 1. The first-order valence-electron chi connectivity index (χ1n) is 13.3. The summed E-state index contributed by atoms with van der Waals surface area (Å²) in [5.74, 6) is 1.63. The summed E-state index contributed by atoms with van der Waals surface area (Å²) < 4.78 is 6.48. The number of para-hydroxylation sites is 1. The van der Waals surface area contributed by atoms with Gasteiger partial charge in [-0.05, 0) is 43.0 Å². The molecule has 0 spiro atoms. The number of benzene rings is 2. The number of piperidine rings is 1. The highest BCUT2D eigenvalue weighted by Gasteiger charge is 2.42. The molecule has 0 aromatic heterocycles. The van der Waals surface area contributed by atoms with Gasteiger partial charge in [-0.1, -0.05) is 48.5 Å². The maximum absolute atomic E-state index is 6.48. The SMILES string of the molecule is c1ccc(CN2CC(CN3CCN(C4CCCCN4)CC3)C(C3Cc4ccccc4O3)N2)cc1. The lowest BCUT2D eigenvalue weighted by atomic mass is 9.93. The predicted molar refractivity (Wildman–Crippen MR) is 135 cm³/mol. The fourth-order valence-corrected chi connectivity index (χ4v) is 6.38. The van der Waals surface area contributed by atoms with E-state index in [1.807, 2.05) is 0 Å².